The van der Waals surface area contributed by atoms with Gasteiger partial charge in [0, 0.05) is 19.1 Å². The zero-order chi connectivity index (χ0) is 21.2. The van der Waals surface area contributed by atoms with E-state index >= 15 is 0 Å². The molecule has 0 aliphatic carbocycles. The molecule has 1 N–H and O–H groups in total. The fourth-order valence-corrected chi connectivity index (χ4v) is 4.65. The molecule has 0 spiro atoms. The van der Waals surface area contributed by atoms with Crippen LogP contribution >= 0.6 is 0 Å². The Balaban J connectivity index is 2.14. The zero-order valence-electron chi connectivity index (χ0n) is 16.0. The minimum atomic E-state index is -4.53. The SMILES string of the molecule is CC(C)(C)OC(=O)NCC1CCCCN1S(=O)(=O)c1ccc(C(F)(F)F)cc1. The Labute approximate surface area is 163 Å². The highest BCUT2D eigenvalue weighted by molar-refractivity contribution is 7.89. The van der Waals surface area contributed by atoms with E-state index in [4.69, 9.17) is 4.74 Å². The van der Waals surface area contributed by atoms with Crippen molar-refractivity contribution in [1.82, 2.24) is 9.62 Å². The fourth-order valence-electron chi connectivity index (χ4n) is 2.96. The summed E-state index contributed by atoms with van der Waals surface area (Å²) in [7, 11) is -3.98. The van der Waals surface area contributed by atoms with Crippen LogP contribution in [0, 0.1) is 0 Å². The van der Waals surface area contributed by atoms with Crippen molar-refractivity contribution < 1.29 is 31.1 Å². The molecule has 1 aliphatic rings. The van der Waals surface area contributed by atoms with Gasteiger partial charge in [0.25, 0.3) is 0 Å². The van der Waals surface area contributed by atoms with E-state index in [1.54, 1.807) is 20.8 Å². The molecule has 1 saturated heterocycles. The van der Waals surface area contributed by atoms with Gasteiger partial charge in [0.2, 0.25) is 10.0 Å². The Bertz CT molecular complexity index is 787. The number of hydrogen-bond acceptors (Lipinski definition) is 4. The van der Waals surface area contributed by atoms with Crippen molar-refractivity contribution in [3.05, 3.63) is 29.8 Å². The monoisotopic (exact) mass is 422 g/mol. The third kappa shape index (κ3) is 5.84. The smallest absolute Gasteiger partial charge is 0.416 e. The number of nitrogens with one attached hydrogen (secondary N) is 1. The van der Waals surface area contributed by atoms with Crippen molar-refractivity contribution in [1.29, 1.82) is 0 Å². The number of alkyl carbamates (subject to hydrolysis) is 1. The summed E-state index contributed by atoms with van der Waals surface area (Å²) in [6.07, 6.45) is -3.21. The minimum Gasteiger partial charge on any atom is -0.444 e. The number of benzene rings is 1. The Morgan fingerprint density at radius 3 is 2.32 bits per heavy atom. The summed E-state index contributed by atoms with van der Waals surface area (Å²) >= 11 is 0. The summed E-state index contributed by atoms with van der Waals surface area (Å²) in [5, 5.41) is 2.58. The topological polar surface area (TPSA) is 75.7 Å². The number of sulfonamides is 1. The maximum Gasteiger partial charge on any atom is 0.416 e. The van der Waals surface area contributed by atoms with E-state index in [0.717, 1.165) is 30.7 Å². The van der Waals surface area contributed by atoms with Gasteiger partial charge in [-0.3, -0.25) is 0 Å². The van der Waals surface area contributed by atoms with E-state index in [2.05, 4.69) is 5.32 Å². The van der Waals surface area contributed by atoms with E-state index in [-0.39, 0.29) is 18.0 Å². The van der Waals surface area contributed by atoms with Gasteiger partial charge in [-0.1, -0.05) is 6.42 Å². The molecular formula is C18H25F3N2O4S. The molecule has 10 heteroatoms. The molecule has 1 aromatic carbocycles. The fraction of sp³-hybridized carbons (Fsp3) is 0.611. The number of carbonyl (C=O) groups excluding carboxylic acids is 1. The lowest BCUT2D eigenvalue weighted by atomic mass is 10.1. The molecule has 28 heavy (non-hydrogen) atoms. The number of rotatable bonds is 4. The third-order valence-electron chi connectivity index (χ3n) is 4.24. The molecule has 6 nitrogen and oxygen atoms in total. The number of hydrogen-bond donors (Lipinski definition) is 1. The maximum absolute atomic E-state index is 12.9. The van der Waals surface area contributed by atoms with Gasteiger partial charge in [0.15, 0.2) is 0 Å². The van der Waals surface area contributed by atoms with Crippen molar-refractivity contribution in [2.45, 2.75) is 62.7 Å². The number of ether oxygens (including phenoxy) is 1. The molecule has 1 aromatic rings. The molecule has 0 saturated carbocycles. The molecule has 2 rings (SSSR count). The first-order valence-corrected chi connectivity index (χ1v) is 10.4. The van der Waals surface area contributed by atoms with Crippen molar-refractivity contribution in [3.8, 4) is 0 Å². The van der Waals surface area contributed by atoms with Gasteiger partial charge >= 0.3 is 12.3 Å². The molecule has 1 fully saturated rings. The van der Waals surface area contributed by atoms with Crippen molar-refractivity contribution in [3.63, 3.8) is 0 Å². The second-order valence-corrected chi connectivity index (χ2v) is 9.56. The van der Waals surface area contributed by atoms with E-state index in [1.807, 2.05) is 0 Å². The van der Waals surface area contributed by atoms with Crippen LogP contribution in [0.3, 0.4) is 0 Å². The van der Waals surface area contributed by atoms with E-state index in [1.165, 1.54) is 4.31 Å². The zero-order valence-corrected chi connectivity index (χ0v) is 16.9. The van der Waals surface area contributed by atoms with Crippen LogP contribution in [-0.4, -0.2) is 43.5 Å². The molecule has 1 amide bonds. The number of alkyl halides is 3. The van der Waals surface area contributed by atoms with Gasteiger partial charge in [-0.05, 0) is 57.9 Å². The number of piperidine rings is 1. The second-order valence-electron chi connectivity index (χ2n) is 7.67. The quantitative estimate of drug-likeness (QED) is 0.801. The summed E-state index contributed by atoms with van der Waals surface area (Å²) in [6, 6.07) is 2.94. The highest BCUT2D eigenvalue weighted by Crippen LogP contribution is 2.31. The van der Waals surface area contributed by atoms with Crippen LogP contribution in [0.4, 0.5) is 18.0 Å². The van der Waals surface area contributed by atoms with E-state index < -0.39 is 39.5 Å². The average molecular weight is 422 g/mol. The molecule has 1 unspecified atom stereocenters. The minimum absolute atomic E-state index is 0.0643. The molecule has 158 valence electrons. The van der Waals surface area contributed by atoms with Gasteiger partial charge in [-0.2, -0.15) is 17.5 Å². The number of halogens is 3. The first-order chi connectivity index (χ1) is 12.8. The van der Waals surface area contributed by atoms with Gasteiger partial charge in [-0.25, -0.2) is 13.2 Å². The Morgan fingerprint density at radius 2 is 1.79 bits per heavy atom. The lowest BCUT2D eigenvalue weighted by Gasteiger charge is -2.35. The van der Waals surface area contributed by atoms with Crippen molar-refractivity contribution in [2.24, 2.45) is 0 Å². The number of carbonyl (C=O) groups is 1. The van der Waals surface area contributed by atoms with E-state index in [0.29, 0.717) is 12.8 Å². The van der Waals surface area contributed by atoms with Crippen molar-refractivity contribution >= 4 is 16.1 Å². The van der Waals surface area contributed by atoms with Crippen LogP contribution in [0.2, 0.25) is 0 Å². The average Bonchev–Trinajstić information content (AvgIpc) is 2.58. The summed E-state index contributed by atoms with van der Waals surface area (Å²) in [4.78, 5) is 11.6. The Kier molecular flexibility index (Phi) is 6.65. The van der Waals surface area contributed by atoms with Crippen LogP contribution in [0.15, 0.2) is 29.2 Å². The molecule has 1 atom stereocenters. The normalized spacial score (nSPS) is 19.3. The standard InChI is InChI=1S/C18H25F3N2O4S/c1-17(2,3)27-16(24)22-12-14-6-4-5-11-23(14)28(25,26)15-9-7-13(8-10-15)18(19,20)21/h7-10,14H,4-6,11-12H2,1-3H3,(H,22,24). The highest BCUT2D eigenvalue weighted by atomic mass is 32.2. The highest BCUT2D eigenvalue weighted by Gasteiger charge is 2.35. The summed E-state index contributed by atoms with van der Waals surface area (Å²) in [5.74, 6) is 0. The molecule has 1 aliphatic heterocycles. The van der Waals surface area contributed by atoms with E-state index in [9.17, 15) is 26.4 Å². The predicted molar refractivity (Wildman–Crippen MR) is 97.2 cm³/mol. The first-order valence-electron chi connectivity index (χ1n) is 8.97. The van der Waals surface area contributed by atoms with Gasteiger partial charge < -0.3 is 10.1 Å². The third-order valence-corrected chi connectivity index (χ3v) is 6.21. The van der Waals surface area contributed by atoms with Gasteiger partial charge in [-0.15, -0.1) is 0 Å². The number of nitrogens with zero attached hydrogens (tertiary/aromatic N) is 1. The summed E-state index contributed by atoms with van der Waals surface area (Å²) < 4.78 is 70.4. The van der Waals surface area contributed by atoms with Gasteiger partial charge in [0.05, 0.1) is 10.5 Å². The largest absolute Gasteiger partial charge is 0.444 e. The molecular weight excluding hydrogens is 397 g/mol. The van der Waals surface area contributed by atoms with Crippen LogP contribution in [-0.2, 0) is 20.9 Å². The van der Waals surface area contributed by atoms with Crippen molar-refractivity contribution in [2.75, 3.05) is 13.1 Å². The summed E-state index contributed by atoms with van der Waals surface area (Å²) in [6.45, 7) is 5.45. The lowest BCUT2D eigenvalue weighted by Crippen LogP contribution is -2.49. The molecule has 0 radical (unpaired) electrons. The number of amides is 1. The lowest BCUT2D eigenvalue weighted by molar-refractivity contribution is -0.137. The molecule has 0 aromatic heterocycles. The maximum atomic E-state index is 12.9. The Hall–Kier alpha value is -1.81. The second kappa shape index (κ2) is 8.28. The van der Waals surface area contributed by atoms with Crippen LogP contribution in [0.1, 0.15) is 45.6 Å². The summed E-state index contributed by atoms with van der Waals surface area (Å²) in [5.41, 5.74) is -1.59. The Morgan fingerprint density at radius 1 is 1.18 bits per heavy atom. The van der Waals surface area contributed by atoms with Crippen LogP contribution in [0.5, 0.6) is 0 Å². The van der Waals surface area contributed by atoms with Gasteiger partial charge in [0.1, 0.15) is 5.60 Å². The van der Waals surface area contributed by atoms with Crippen LogP contribution < -0.4 is 5.32 Å². The first kappa shape index (κ1) is 22.5. The predicted octanol–water partition coefficient (Wildman–Crippen LogP) is 3.77. The van der Waals surface area contributed by atoms with Crippen LogP contribution in [0.25, 0.3) is 0 Å². The molecule has 0 bridgehead atoms. The molecule has 1 heterocycles.